The molecular formula is C16H19NO. The van der Waals surface area contributed by atoms with Gasteiger partial charge in [-0.1, -0.05) is 42.5 Å². The van der Waals surface area contributed by atoms with Crippen molar-refractivity contribution < 1.29 is 5.11 Å². The standard InChI is InChI=1S/C16H19NO/c1-13(11-12-14-7-3-2-4-8-14)17-15-9-5-6-10-16(15)18/h2-10,13,17-18H,11-12H2,1H3. The van der Waals surface area contributed by atoms with Crippen LogP contribution in [0, 0.1) is 0 Å². The molecule has 0 aliphatic carbocycles. The average Bonchev–Trinajstić information content (AvgIpc) is 2.40. The first-order valence-electron chi connectivity index (χ1n) is 6.34. The van der Waals surface area contributed by atoms with Gasteiger partial charge in [-0.2, -0.15) is 0 Å². The molecule has 0 fully saturated rings. The van der Waals surface area contributed by atoms with E-state index in [2.05, 4.69) is 36.5 Å². The summed E-state index contributed by atoms with van der Waals surface area (Å²) in [6, 6.07) is 18.1. The number of anilines is 1. The third kappa shape index (κ3) is 3.52. The largest absolute Gasteiger partial charge is 0.506 e. The van der Waals surface area contributed by atoms with Gasteiger partial charge in [0, 0.05) is 6.04 Å². The lowest BCUT2D eigenvalue weighted by molar-refractivity contribution is 0.476. The van der Waals surface area contributed by atoms with Gasteiger partial charge in [0.1, 0.15) is 5.75 Å². The van der Waals surface area contributed by atoms with Crippen LogP contribution in [0.25, 0.3) is 0 Å². The van der Waals surface area contributed by atoms with Gasteiger partial charge in [0.2, 0.25) is 0 Å². The van der Waals surface area contributed by atoms with E-state index in [1.807, 2.05) is 24.3 Å². The first-order chi connectivity index (χ1) is 8.75. The van der Waals surface area contributed by atoms with Crippen molar-refractivity contribution in [1.29, 1.82) is 0 Å². The zero-order valence-corrected chi connectivity index (χ0v) is 10.6. The Morgan fingerprint density at radius 2 is 1.67 bits per heavy atom. The topological polar surface area (TPSA) is 32.3 Å². The second kappa shape index (κ2) is 6.10. The first-order valence-corrected chi connectivity index (χ1v) is 6.34. The van der Waals surface area contributed by atoms with Crippen molar-refractivity contribution in [3.8, 4) is 5.75 Å². The summed E-state index contributed by atoms with van der Waals surface area (Å²) < 4.78 is 0. The van der Waals surface area contributed by atoms with E-state index in [0.29, 0.717) is 11.8 Å². The number of benzene rings is 2. The fourth-order valence-electron chi connectivity index (χ4n) is 1.96. The van der Waals surface area contributed by atoms with Gasteiger partial charge in [-0.05, 0) is 37.5 Å². The van der Waals surface area contributed by atoms with Gasteiger partial charge in [-0.25, -0.2) is 0 Å². The molecule has 1 atom stereocenters. The van der Waals surface area contributed by atoms with Crippen molar-refractivity contribution in [2.75, 3.05) is 5.32 Å². The molecule has 2 aromatic rings. The zero-order valence-electron chi connectivity index (χ0n) is 10.6. The van der Waals surface area contributed by atoms with Crippen LogP contribution in [0.2, 0.25) is 0 Å². The summed E-state index contributed by atoms with van der Waals surface area (Å²) in [6.45, 7) is 2.13. The average molecular weight is 241 g/mol. The minimum atomic E-state index is 0.309. The molecule has 0 heterocycles. The van der Waals surface area contributed by atoms with E-state index >= 15 is 0 Å². The molecule has 0 radical (unpaired) electrons. The number of nitrogens with one attached hydrogen (secondary N) is 1. The van der Waals surface area contributed by atoms with Gasteiger partial charge in [0.05, 0.1) is 5.69 Å². The maximum Gasteiger partial charge on any atom is 0.138 e. The molecule has 2 nitrogen and oxygen atoms in total. The molecule has 0 aliphatic heterocycles. The van der Waals surface area contributed by atoms with Gasteiger partial charge in [0.25, 0.3) is 0 Å². The van der Waals surface area contributed by atoms with E-state index in [1.54, 1.807) is 6.07 Å². The minimum Gasteiger partial charge on any atom is -0.506 e. The van der Waals surface area contributed by atoms with Crippen LogP contribution in [0.4, 0.5) is 5.69 Å². The predicted molar refractivity (Wildman–Crippen MR) is 76.0 cm³/mol. The summed E-state index contributed by atoms with van der Waals surface area (Å²) in [5, 5.41) is 13.0. The predicted octanol–water partition coefficient (Wildman–Crippen LogP) is 3.83. The number of para-hydroxylation sites is 2. The summed E-state index contributed by atoms with van der Waals surface area (Å²) in [4.78, 5) is 0. The van der Waals surface area contributed by atoms with E-state index in [9.17, 15) is 5.11 Å². The molecule has 2 N–H and O–H groups in total. The highest BCUT2D eigenvalue weighted by Gasteiger charge is 2.05. The lowest BCUT2D eigenvalue weighted by Crippen LogP contribution is -2.15. The normalized spacial score (nSPS) is 12.1. The fourth-order valence-corrected chi connectivity index (χ4v) is 1.96. The van der Waals surface area contributed by atoms with E-state index in [4.69, 9.17) is 0 Å². The Bertz CT molecular complexity index is 481. The van der Waals surface area contributed by atoms with Gasteiger partial charge in [0.15, 0.2) is 0 Å². The third-order valence-corrected chi connectivity index (χ3v) is 3.01. The number of aryl methyl sites for hydroxylation is 1. The van der Waals surface area contributed by atoms with Crippen LogP contribution in [0.5, 0.6) is 5.75 Å². The highest BCUT2D eigenvalue weighted by Crippen LogP contribution is 2.23. The maximum atomic E-state index is 9.68. The van der Waals surface area contributed by atoms with Crippen LogP contribution >= 0.6 is 0 Å². The van der Waals surface area contributed by atoms with Crippen LogP contribution in [0.1, 0.15) is 18.9 Å². The molecule has 0 saturated heterocycles. The van der Waals surface area contributed by atoms with Crippen molar-refractivity contribution in [1.82, 2.24) is 0 Å². The summed E-state index contributed by atoms with van der Waals surface area (Å²) >= 11 is 0. The molecule has 0 saturated carbocycles. The Hall–Kier alpha value is -1.96. The molecule has 0 spiro atoms. The first kappa shape index (κ1) is 12.5. The van der Waals surface area contributed by atoms with E-state index < -0.39 is 0 Å². The van der Waals surface area contributed by atoms with E-state index in [0.717, 1.165) is 18.5 Å². The quantitative estimate of drug-likeness (QED) is 0.780. The number of phenolic OH excluding ortho intramolecular Hbond substituents is 1. The molecule has 94 valence electrons. The van der Waals surface area contributed by atoms with Crippen molar-refractivity contribution >= 4 is 5.69 Å². The lowest BCUT2D eigenvalue weighted by atomic mass is 10.1. The molecule has 2 rings (SSSR count). The minimum absolute atomic E-state index is 0.309. The molecule has 0 aliphatic rings. The fraction of sp³-hybridized carbons (Fsp3) is 0.250. The second-order valence-corrected chi connectivity index (χ2v) is 4.59. The highest BCUT2D eigenvalue weighted by atomic mass is 16.3. The lowest BCUT2D eigenvalue weighted by Gasteiger charge is -2.16. The summed E-state index contributed by atoms with van der Waals surface area (Å²) in [5.41, 5.74) is 2.15. The summed E-state index contributed by atoms with van der Waals surface area (Å²) in [5.74, 6) is 0.309. The molecule has 0 aromatic heterocycles. The Morgan fingerprint density at radius 3 is 2.39 bits per heavy atom. The molecular weight excluding hydrogens is 222 g/mol. The van der Waals surface area contributed by atoms with Crippen LogP contribution < -0.4 is 5.32 Å². The van der Waals surface area contributed by atoms with Gasteiger partial charge < -0.3 is 10.4 Å². The Morgan fingerprint density at radius 1 is 1.00 bits per heavy atom. The number of phenols is 1. The number of aromatic hydroxyl groups is 1. The molecule has 2 heteroatoms. The van der Waals surface area contributed by atoms with Gasteiger partial charge in [-0.3, -0.25) is 0 Å². The molecule has 1 unspecified atom stereocenters. The molecule has 2 aromatic carbocycles. The van der Waals surface area contributed by atoms with Crippen LogP contribution in [-0.2, 0) is 6.42 Å². The Balaban J connectivity index is 1.86. The number of hydrogen-bond donors (Lipinski definition) is 2. The van der Waals surface area contributed by atoms with Crippen LogP contribution in [0.15, 0.2) is 54.6 Å². The number of rotatable bonds is 5. The Kier molecular flexibility index (Phi) is 4.24. The zero-order chi connectivity index (χ0) is 12.8. The van der Waals surface area contributed by atoms with Crippen LogP contribution in [0.3, 0.4) is 0 Å². The van der Waals surface area contributed by atoms with Crippen LogP contribution in [-0.4, -0.2) is 11.1 Å². The van der Waals surface area contributed by atoms with E-state index in [1.165, 1.54) is 5.56 Å². The van der Waals surface area contributed by atoms with Crippen molar-refractivity contribution in [3.63, 3.8) is 0 Å². The molecule has 0 bridgehead atoms. The smallest absolute Gasteiger partial charge is 0.138 e. The second-order valence-electron chi connectivity index (χ2n) is 4.59. The monoisotopic (exact) mass is 241 g/mol. The SMILES string of the molecule is CC(CCc1ccccc1)Nc1ccccc1O. The van der Waals surface area contributed by atoms with E-state index in [-0.39, 0.29) is 0 Å². The van der Waals surface area contributed by atoms with Gasteiger partial charge in [-0.15, -0.1) is 0 Å². The van der Waals surface area contributed by atoms with Crippen molar-refractivity contribution in [3.05, 3.63) is 60.2 Å². The maximum absolute atomic E-state index is 9.68. The van der Waals surface area contributed by atoms with Gasteiger partial charge >= 0.3 is 0 Å². The Labute approximate surface area is 108 Å². The van der Waals surface area contributed by atoms with Crippen molar-refractivity contribution in [2.24, 2.45) is 0 Å². The summed E-state index contributed by atoms with van der Waals surface area (Å²) in [7, 11) is 0. The highest BCUT2D eigenvalue weighted by molar-refractivity contribution is 5.55. The molecule has 0 amide bonds. The summed E-state index contributed by atoms with van der Waals surface area (Å²) in [6.07, 6.45) is 2.08. The molecule has 18 heavy (non-hydrogen) atoms. The third-order valence-electron chi connectivity index (χ3n) is 3.01. The van der Waals surface area contributed by atoms with Crippen molar-refractivity contribution in [2.45, 2.75) is 25.8 Å². The number of hydrogen-bond acceptors (Lipinski definition) is 2.